The second kappa shape index (κ2) is 10.3. The highest BCUT2D eigenvalue weighted by atomic mass is 28.5. The van der Waals surface area contributed by atoms with Gasteiger partial charge in [0, 0.05) is 25.3 Å². The largest absolute Gasteiger partial charge is 0.414 e. The van der Waals surface area contributed by atoms with Gasteiger partial charge in [-0.25, -0.2) is 4.79 Å². The van der Waals surface area contributed by atoms with Gasteiger partial charge in [-0.05, 0) is 22.2 Å². The van der Waals surface area contributed by atoms with Crippen LogP contribution in [0.25, 0.3) is 0 Å². The summed E-state index contributed by atoms with van der Waals surface area (Å²) < 4.78 is 28.3. The van der Waals surface area contributed by atoms with Crippen LogP contribution >= 0.6 is 0 Å². The van der Waals surface area contributed by atoms with Gasteiger partial charge in [-0.1, -0.05) is 55.4 Å². The van der Waals surface area contributed by atoms with Crippen molar-refractivity contribution in [2.75, 3.05) is 13.2 Å². The van der Waals surface area contributed by atoms with Crippen molar-refractivity contribution in [2.24, 2.45) is 0 Å². The average molecular weight is 531 g/mol. The molecule has 0 aromatic carbocycles. The quantitative estimate of drug-likeness (QED) is 0.458. The van der Waals surface area contributed by atoms with Crippen molar-refractivity contribution >= 4 is 17.1 Å². The van der Waals surface area contributed by atoms with E-state index < -0.39 is 52.4 Å². The van der Waals surface area contributed by atoms with Gasteiger partial charge in [-0.2, -0.15) is 0 Å². The third-order valence-corrected chi connectivity index (χ3v) is 17.7. The number of aliphatic hydroxyl groups is 2. The molecule has 4 atom stereocenters. The maximum atomic E-state index is 12.7. The second-order valence-corrected chi connectivity index (χ2v) is 19.9. The van der Waals surface area contributed by atoms with E-state index >= 15 is 0 Å². The summed E-state index contributed by atoms with van der Waals surface area (Å²) in [6.07, 6.45) is -1.59. The maximum Gasteiger partial charge on any atom is 0.335 e. The van der Waals surface area contributed by atoms with Gasteiger partial charge in [0.15, 0.2) is 6.23 Å². The van der Waals surface area contributed by atoms with Gasteiger partial charge in [0.1, 0.15) is 17.8 Å². The number of nitrogens with one attached hydrogen (secondary N) is 1. The molecule has 3 rings (SSSR count). The number of ether oxygens (including phenoxy) is 1. The van der Waals surface area contributed by atoms with Gasteiger partial charge in [0.2, 0.25) is 0 Å². The monoisotopic (exact) mass is 530 g/mol. The lowest BCUT2D eigenvalue weighted by atomic mass is 9.90. The lowest BCUT2D eigenvalue weighted by molar-refractivity contribution is -0.119. The number of fused-ring (bicyclic) bond motifs is 1. The van der Waals surface area contributed by atoms with E-state index in [9.17, 15) is 19.8 Å². The van der Waals surface area contributed by atoms with Crippen molar-refractivity contribution < 1.29 is 27.9 Å². The molecule has 0 saturated carbocycles. The third-order valence-electron chi connectivity index (χ3n) is 7.50. The maximum absolute atomic E-state index is 12.7. The van der Waals surface area contributed by atoms with Gasteiger partial charge in [0.05, 0.1) is 6.61 Å². The molecule has 10 nitrogen and oxygen atoms in total. The number of aromatic nitrogens is 2. The van der Waals surface area contributed by atoms with Crippen molar-refractivity contribution in [1.29, 1.82) is 0 Å². The Balaban J connectivity index is 2.20. The predicted octanol–water partition coefficient (Wildman–Crippen LogP) is 2.50. The Bertz CT molecular complexity index is 978. The van der Waals surface area contributed by atoms with Crippen LogP contribution in [0.5, 0.6) is 0 Å². The summed E-state index contributed by atoms with van der Waals surface area (Å²) in [4.78, 5) is 26.5. The fourth-order valence-corrected chi connectivity index (χ4v) is 16.9. The molecule has 0 aliphatic carbocycles. The Labute approximate surface area is 209 Å². The Morgan fingerprint density at radius 2 is 1.63 bits per heavy atom. The molecule has 3 N–H and O–H groups in total. The number of hydrogen-bond acceptors (Lipinski definition) is 8. The first kappa shape index (κ1) is 28.4. The second-order valence-electron chi connectivity index (χ2n) is 11.0. The van der Waals surface area contributed by atoms with Gasteiger partial charge in [-0.15, -0.1) is 0 Å². The molecule has 2 unspecified atom stereocenters. The fraction of sp³-hybridized carbons (Fsp3) is 0.826. The summed E-state index contributed by atoms with van der Waals surface area (Å²) in [7, 11) is -5.88. The van der Waals surface area contributed by atoms with E-state index in [2.05, 4.69) is 60.4 Å². The zero-order valence-electron chi connectivity index (χ0n) is 22.1. The summed E-state index contributed by atoms with van der Waals surface area (Å²) in [6, 6.07) is 1.20. The molecule has 1 aromatic rings. The summed E-state index contributed by atoms with van der Waals surface area (Å²) in [6.45, 7) is 16.5. The van der Waals surface area contributed by atoms with E-state index in [0.29, 0.717) is 0 Å². The zero-order valence-corrected chi connectivity index (χ0v) is 24.1. The number of nitrogens with zero attached hydrogens (tertiary/aromatic N) is 1. The van der Waals surface area contributed by atoms with E-state index in [4.69, 9.17) is 17.7 Å². The molecular formula is C23H42N2O8Si2. The molecule has 0 amide bonds. The van der Waals surface area contributed by atoms with Crippen LogP contribution in [0.4, 0.5) is 0 Å². The Morgan fingerprint density at radius 3 is 2.11 bits per heavy atom. The minimum absolute atomic E-state index is 0.0301. The lowest BCUT2D eigenvalue weighted by Crippen LogP contribution is -2.67. The van der Waals surface area contributed by atoms with Crippen LogP contribution in [0, 0.1) is 0 Å². The average Bonchev–Trinajstić information content (AvgIpc) is 2.98. The Hall–Kier alpha value is -1.13. The molecule has 0 spiro atoms. The number of rotatable bonds is 7. The predicted molar refractivity (Wildman–Crippen MR) is 136 cm³/mol. The van der Waals surface area contributed by atoms with Crippen molar-refractivity contribution in [3.05, 3.63) is 33.1 Å². The molecule has 35 heavy (non-hydrogen) atoms. The normalized spacial score (nSPS) is 30.6. The molecule has 0 bridgehead atoms. The van der Waals surface area contributed by atoms with Crippen LogP contribution in [0.2, 0.25) is 22.2 Å². The minimum atomic E-state index is -3.07. The number of aliphatic hydroxyl groups excluding tert-OH is 1. The number of aromatic amines is 1. The molecule has 200 valence electrons. The van der Waals surface area contributed by atoms with Gasteiger partial charge >= 0.3 is 22.8 Å². The summed E-state index contributed by atoms with van der Waals surface area (Å²) >= 11 is 0. The standard InChI is InChI=1S/C23H42N2O8Si2/c1-14(2)34(15(3)4)30-13-18-20(32-35(33-34,16(5)6)17(7)8)23(29,10-12-26)21(31-18)25-11-9-19(27)24-22(25)28/h9,11,14-18,20-21,26,29H,10,12-13H2,1-8H3,(H,24,27,28)/t18?,20-,21?,23+/m1/s1. The van der Waals surface area contributed by atoms with Crippen LogP contribution in [0.3, 0.4) is 0 Å². The SMILES string of the molecule is CC(C)[Si]1(C(C)C)OCC2OC(n3ccc(=O)[nH]c3=O)[C@](O)(CCO)[C@@H]2O[Si](C(C)C)(C(C)C)O1. The number of hydrogen-bond donors (Lipinski definition) is 3. The Kier molecular flexibility index (Phi) is 8.39. The molecule has 2 fully saturated rings. The van der Waals surface area contributed by atoms with Crippen molar-refractivity contribution in [3.8, 4) is 0 Å². The van der Waals surface area contributed by atoms with E-state index in [-0.39, 0.29) is 41.8 Å². The molecule has 0 radical (unpaired) electrons. The van der Waals surface area contributed by atoms with Crippen LogP contribution in [0.15, 0.2) is 21.9 Å². The summed E-state index contributed by atoms with van der Waals surface area (Å²) in [5.74, 6) is 0. The number of H-pyrrole nitrogens is 1. The summed E-state index contributed by atoms with van der Waals surface area (Å²) in [5.41, 5.74) is -2.68. The first-order valence-corrected chi connectivity index (χ1v) is 16.5. The minimum Gasteiger partial charge on any atom is -0.414 e. The van der Waals surface area contributed by atoms with Crippen LogP contribution in [-0.4, -0.2) is 67.9 Å². The van der Waals surface area contributed by atoms with Crippen LogP contribution in [0.1, 0.15) is 68.0 Å². The Morgan fingerprint density at radius 1 is 1.06 bits per heavy atom. The first-order valence-electron chi connectivity index (χ1n) is 12.6. The van der Waals surface area contributed by atoms with Crippen molar-refractivity contribution in [3.63, 3.8) is 0 Å². The third kappa shape index (κ3) is 4.79. The molecule has 2 aliphatic rings. The molecule has 2 saturated heterocycles. The first-order chi connectivity index (χ1) is 16.2. The lowest BCUT2D eigenvalue weighted by Gasteiger charge is -2.52. The van der Waals surface area contributed by atoms with Gasteiger partial charge in [0.25, 0.3) is 5.56 Å². The van der Waals surface area contributed by atoms with Crippen LogP contribution in [-0.2, 0) is 17.7 Å². The van der Waals surface area contributed by atoms with Gasteiger partial charge in [-0.3, -0.25) is 14.3 Å². The van der Waals surface area contributed by atoms with E-state index in [1.807, 2.05) is 0 Å². The van der Waals surface area contributed by atoms with Gasteiger partial charge < -0.3 is 27.9 Å². The highest BCUT2D eigenvalue weighted by Crippen LogP contribution is 2.51. The van der Waals surface area contributed by atoms with Crippen LogP contribution < -0.4 is 11.2 Å². The van der Waals surface area contributed by atoms with E-state index in [1.165, 1.54) is 12.3 Å². The van der Waals surface area contributed by atoms with Crippen molar-refractivity contribution in [2.45, 2.75) is 108 Å². The molecule has 12 heteroatoms. The fourth-order valence-electron chi connectivity index (χ4n) is 5.61. The highest BCUT2D eigenvalue weighted by Gasteiger charge is 2.65. The molecule has 1 aromatic heterocycles. The molecule has 3 heterocycles. The topological polar surface area (TPSA) is 132 Å². The molecule has 2 aliphatic heterocycles. The zero-order chi connectivity index (χ0) is 26.3. The molecular weight excluding hydrogens is 488 g/mol. The highest BCUT2D eigenvalue weighted by molar-refractivity contribution is 6.84. The summed E-state index contributed by atoms with van der Waals surface area (Å²) in [5, 5.41) is 21.9. The van der Waals surface area contributed by atoms with Crippen molar-refractivity contribution in [1.82, 2.24) is 9.55 Å². The van der Waals surface area contributed by atoms with E-state index in [1.54, 1.807) is 0 Å². The smallest absolute Gasteiger partial charge is 0.335 e. The van der Waals surface area contributed by atoms with E-state index in [0.717, 1.165) is 4.57 Å².